The van der Waals surface area contributed by atoms with Gasteiger partial charge in [0.15, 0.2) is 10.9 Å². The number of halogens is 1. The van der Waals surface area contributed by atoms with Crippen LogP contribution in [0.5, 0.6) is 0 Å². The number of Topliss-reactive ketones (excluding diaryl/α,β-unsaturated/α-hetero) is 1. The normalized spacial score (nSPS) is 11.9. The second kappa shape index (κ2) is 9.51. The van der Waals surface area contributed by atoms with E-state index in [4.69, 9.17) is 11.6 Å². The van der Waals surface area contributed by atoms with Crippen molar-refractivity contribution in [2.24, 2.45) is 5.92 Å². The molecular weight excluding hydrogens is 444 g/mol. The lowest BCUT2D eigenvalue weighted by Gasteiger charge is -2.11. The first-order valence-electron chi connectivity index (χ1n) is 10.2. The van der Waals surface area contributed by atoms with Crippen LogP contribution in [0.4, 0.5) is 10.8 Å². The van der Waals surface area contributed by atoms with Crippen molar-refractivity contribution in [3.05, 3.63) is 77.3 Å². The Bertz CT molecular complexity index is 1270. The van der Waals surface area contributed by atoms with Gasteiger partial charge in [-0.15, -0.1) is 0 Å². The standard InChI is InChI=1S/C25H21ClN2O3S/c1-2-3-20(24(30)31)23(29)17-6-4-15(5-7-17)16-8-11-19(12-9-16)27-25-28-21-13-10-18(26)14-22(21)32-25/h4-14,20H,2-3H2,1H3,(H,27,28)(H,30,31). The number of nitrogens with one attached hydrogen (secondary N) is 1. The second-order valence-electron chi connectivity index (χ2n) is 7.45. The lowest BCUT2D eigenvalue weighted by molar-refractivity contribution is -0.140. The number of ketones is 1. The van der Waals surface area contributed by atoms with E-state index in [0.29, 0.717) is 23.4 Å². The lowest BCUT2D eigenvalue weighted by Crippen LogP contribution is -2.23. The quantitative estimate of drug-likeness (QED) is 0.216. The van der Waals surface area contributed by atoms with Crippen molar-refractivity contribution in [3.63, 3.8) is 0 Å². The number of fused-ring (bicyclic) bond motifs is 1. The van der Waals surface area contributed by atoms with Crippen molar-refractivity contribution >= 4 is 55.7 Å². The van der Waals surface area contributed by atoms with Crippen LogP contribution in [0.15, 0.2) is 66.7 Å². The molecule has 1 atom stereocenters. The van der Waals surface area contributed by atoms with Crippen LogP contribution in [0.3, 0.4) is 0 Å². The van der Waals surface area contributed by atoms with Crippen molar-refractivity contribution in [3.8, 4) is 11.1 Å². The number of benzene rings is 3. The predicted molar refractivity (Wildman–Crippen MR) is 130 cm³/mol. The molecular formula is C25H21ClN2O3S. The molecule has 0 saturated heterocycles. The van der Waals surface area contributed by atoms with Crippen LogP contribution in [0, 0.1) is 5.92 Å². The number of carboxylic acid groups (broad SMARTS) is 1. The summed E-state index contributed by atoms with van der Waals surface area (Å²) in [6, 6.07) is 20.6. The van der Waals surface area contributed by atoms with Gasteiger partial charge >= 0.3 is 5.97 Å². The summed E-state index contributed by atoms with van der Waals surface area (Å²) in [5.74, 6) is -2.41. The second-order valence-corrected chi connectivity index (χ2v) is 8.92. The Balaban J connectivity index is 1.47. The monoisotopic (exact) mass is 464 g/mol. The van der Waals surface area contributed by atoms with Crippen molar-refractivity contribution in [2.45, 2.75) is 19.8 Å². The molecule has 0 aliphatic heterocycles. The largest absolute Gasteiger partial charge is 0.481 e. The van der Waals surface area contributed by atoms with Gasteiger partial charge in [0.25, 0.3) is 0 Å². The maximum absolute atomic E-state index is 12.5. The Hall–Kier alpha value is -3.22. The average molecular weight is 465 g/mol. The number of nitrogens with zero attached hydrogens (tertiary/aromatic N) is 1. The first-order chi connectivity index (χ1) is 15.4. The molecule has 7 heteroatoms. The van der Waals surface area contributed by atoms with Crippen LogP contribution in [0.25, 0.3) is 21.3 Å². The third kappa shape index (κ3) is 4.82. The molecule has 1 unspecified atom stereocenters. The summed E-state index contributed by atoms with van der Waals surface area (Å²) < 4.78 is 1.02. The summed E-state index contributed by atoms with van der Waals surface area (Å²) in [6.07, 6.45) is 0.984. The third-order valence-electron chi connectivity index (χ3n) is 5.18. The minimum Gasteiger partial charge on any atom is -0.481 e. The van der Waals surface area contributed by atoms with Crippen molar-refractivity contribution in [1.82, 2.24) is 4.98 Å². The van der Waals surface area contributed by atoms with Gasteiger partial charge in [-0.1, -0.05) is 72.7 Å². The average Bonchev–Trinajstić information content (AvgIpc) is 3.18. The molecule has 5 nitrogen and oxygen atoms in total. The topological polar surface area (TPSA) is 79.3 Å². The van der Waals surface area contributed by atoms with Gasteiger partial charge in [0, 0.05) is 16.3 Å². The molecule has 0 saturated carbocycles. The highest BCUT2D eigenvalue weighted by Gasteiger charge is 2.26. The smallest absolute Gasteiger partial charge is 0.314 e. The zero-order valence-electron chi connectivity index (χ0n) is 17.3. The highest BCUT2D eigenvalue weighted by molar-refractivity contribution is 7.22. The van der Waals surface area contributed by atoms with Crippen LogP contribution in [-0.2, 0) is 4.79 Å². The van der Waals surface area contributed by atoms with E-state index in [9.17, 15) is 14.7 Å². The van der Waals surface area contributed by atoms with E-state index in [-0.39, 0.29) is 5.78 Å². The first kappa shape index (κ1) is 22.0. The number of carbonyl (C=O) groups is 2. The number of aromatic nitrogens is 1. The summed E-state index contributed by atoms with van der Waals surface area (Å²) in [7, 11) is 0. The molecule has 1 heterocycles. The van der Waals surface area contributed by atoms with Gasteiger partial charge in [-0.05, 0) is 47.9 Å². The van der Waals surface area contributed by atoms with E-state index < -0.39 is 11.9 Å². The molecule has 0 radical (unpaired) electrons. The van der Waals surface area contributed by atoms with Crippen LogP contribution in [0.1, 0.15) is 30.1 Å². The predicted octanol–water partition coefficient (Wildman–Crippen LogP) is 7.04. The molecule has 4 rings (SSSR count). The highest BCUT2D eigenvalue weighted by Crippen LogP contribution is 2.31. The Morgan fingerprint density at radius 2 is 1.69 bits per heavy atom. The van der Waals surface area contributed by atoms with Crippen LogP contribution >= 0.6 is 22.9 Å². The summed E-state index contributed by atoms with van der Waals surface area (Å²) in [5, 5.41) is 14.1. The number of aliphatic carboxylic acids is 1. The van der Waals surface area contributed by atoms with Gasteiger partial charge in [0.2, 0.25) is 0 Å². The Morgan fingerprint density at radius 1 is 1.03 bits per heavy atom. The fourth-order valence-corrected chi connectivity index (χ4v) is 4.67. The van der Waals surface area contributed by atoms with Crippen LogP contribution < -0.4 is 5.32 Å². The lowest BCUT2D eigenvalue weighted by atomic mass is 9.92. The van der Waals surface area contributed by atoms with Gasteiger partial charge in [0.05, 0.1) is 10.2 Å². The molecule has 2 N–H and O–H groups in total. The molecule has 0 fully saturated rings. The molecule has 0 bridgehead atoms. The zero-order valence-corrected chi connectivity index (χ0v) is 18.9. The fraction of sp³-hybridized carbons (Fsp3) is 0.160. The van der Waals surface area contributed by atoms with Gasteiger partial charge in [-0.3, -0.25) is 9.59 Å². The summed E-state index contributed by atoms with van der Waals surface area (Å²) >= 11 is 7.59. The molecule has 0 amide bonds. The number of carboxylic acids is 1. The van der Waals surface area contributed by atoms with E-state index in [1.165, 1.54) is 11.3 Å². The molecule has 162 valence electrons. The fourth-order valence-electron chi connectivity index (χ4n) is 3.50. The number of thiazole rings is 1. The Morgan fingerprint density at radius 3 is 2.31 bits per heavy atom. The summed E-state index contributed by atoms with van der Waals surface area (Å²) in [5.41, 5.74) is 4.18. The Labute approximate surface area is 194 Å². The van der Waals surface area contributed by atoms with E-state index in [0.717, 1.165) is 32.2 Å². The van der Waals surface area contributed by atoms with Crippen molar-refractivity contribution in [1.29, 1.82) is 0 Å². The minimum absolute atomic E-state index is 0.339. The number of hydrogen-bond donors (Lipinski definition) is 2. The third-order valence-corrected chi connectivity index (χ3v) is 6.35. The van der Waals surface area contributed by atoms with Gasteiger partial charge in [0.1, 0.15) is 5.92 Å². The minimum atomic E-state index is -1.07. The summed E-state index contributed by atoms with van der Waals surface area (Å²) in [4.78, 5) is 28.5. The molecule has 0 spiro atoms. The molecule has 1 aromatic heterocycles. The molecule has 3 aromatic carbocycles. The maximum Gasteiger partial charge on any atom is 0.314 e. The van der Waals surface area contributed by atoms with E-state index in [1.807, 2.05) is 61.5 Å². The number of hydrogen-bond acceptors (Lipinski definition) is 5. The number of carbonyl (C=O) groups excluding carboxylic acids is 1. The molecule has 0 aliphatic carbocycles. The maximum atomic E-state index is 12.5. The van der Waals surface area contributed by atoms with E-state index in [2.05, 4.69) is 10.3 Å². The zero-order chi connectivity index (χ0) is 22.7. The van der Waals surface area contributed by atoms with Crippen LogP contribution in [-0.4, -0.2) is 21.8 Å². The molecule has 32 heavy (non-hydrogen) atoms. The van der Waals surface area contributed by atoms with Gasteiger partial charge < -0.3 is 10.4 Å². The first-order valence-corrected chi connectivity index (χ1v) is 11.4. The van der Waals surface area contributed by atoms with E-state index >= 15 is 0 Å². The Kier molecular flexibility index (Phi) is 6.53. The van der Waals surface area contributed by atoms with Gasteiger partial charge in [-0.2, -0.15) is 0 Å². The SMILES string of the molecule is CCCC(C(=O)O)C(=O)c1ccc(-c2ccc(Nc3nc4ccc(Cl)cc4s3)cc2)cc1. The van der Waals surface area contributed by atoms with Crippen molar-refractivity contribution < 1.29 is 14.7 Å². The van der Waals surface area contributed by atoms with Gasteiger partial charge in [-0.25, -0.2) is 4.98 Å². The van der Waals surface area contributed by atoms with E-state index in [1.54, 1.807) is 12.1 Å². The number of anilines is 2. The molecule has 4 aromatic rings. The molecule has 0 aliphatic rings. The van der Waals surface area contributed by atoms with Crippen molar-refractivity contribution in [2.75, 3.05) is 5.32 Å². The van der Waals surface area contributed by atoms with Crippen LogP contribution in [0.2, 0.25) is 5.02 Å². The highest BCUT2D eigenvalue weighted by atomic mass is 35.5. The summed E-state index contributed by atoms with van der Waals surface area (Å²) in [6.45, 7) is 1.87. The number of rotatable bonds is 8.